The third-order valence-electron chi connectivity index (χ3n) is 6.13. The van der Waals surface area contributed by atoms with Crippen LogP contribution in [-0.2, 0) is 4.79 Å². The van der Waals surface area contributed by atoms with Crippen molar-refractivity contribution in [2.75, 3.05) is 0 Å². The van der Waals surface area contributed by atoms with E-state index in [1.807, 2.05) is 0 Å². The van der Waals surface area contributed by atoms with Gasteiger partial charge in [-0.1, -0.05) is 0 Å². The Morgan fingerprint density at radius 3 is 2.24 bits per heavy atom. The number of rotatable bonds is 1. The van der Waals surface area contributed by atoms with Crippen LogP contribution in [0.15, 0.2) is 0 Å². The maximum absolute atomic E-state index is 12.5. The Balaban J connectivity index is 1.66. The van der Waals surface area contributed by atoms with E-state index in [1.54, 1.807) is 13.8 Å². The highest BCUT2D eigenvalue weighted by Gasteiger charge is 2.64. The first kappa shape index (κ1) is 13.4. The minimum Gasteiger partial charge on any atom is -0.464 e. The number of amides is 2. The zero-order chi connectivity index (χ0) is 15.2. The molecule has 0 aromatic carbocycles. The molecule has 0 aromatic heterocycles. The summed E-state index contributed by atoms with van der Waals surface area (Å²) >= 11 is 0. The molecule has 1 aliphatic heterocycles. The van der Waals surface area contributed by atoms with Crippen molar-refractivity contribution >= 4 is 12.0 Å². The molecule has 5 aliphatic rings. The Bertz CT molecular complexity index is 516. The van der Waals surface area contributed by atoms with Gasteiger partial charge < -0.3 is 10.2 Å². The fourth-order valence-corrected chi connectivity index (χ4v) is 5.64. The second-order valence-corrected chi connectivity index (χ2v) is 7.99. The van der Waals surface area contributed by atoms with Crippen LogP contribution in [0.2, 0.25) is 0 Å². The Morgan fingerprint density at radius 1 is 1.19 bits per heavy atom. The van der Waals surface area contributed by atoms with Crippen LogP contribution in [0.3, 0.4) is 0 Å². The zero-order valence-electron chi connectivity index (χ0n) is 12.5. The summed E-state index contributed by atoms with van der Waals surface area (Å²) in [6, 6.07) is -0.0431. The summed E-state index contributed by atoms with van der Waals surface area (Å²) in [6.07, 6.45) is 3.27. The molecule has 4 aliphatic carbocycles. The van der Waals surface area contributed by atoms with Crippen LogP contribution in [0.1, 0.15) is 46.0 Å². The van der Waals surface area contributed by atoms with Crippen LogP contribution in [0.25, 0.3) is 0 Å². The minimum absolute atomic E-state index is 0.0431. The maximum atomic E-state index is 12.5. The van der Waals surface area contributed by atoms with Gasteiger partial charge in [-0.05, 0) is 63.7 Å². The van der Waals surface area contributed by atoms with Gasteiger partial charge in [0.25, 0.3) is 5.91 Å². The van der Waals surface area contributed by atoms with E-state index >= 15 is 0 Å². The van der Waals surface area contributed by atoms with E-state index in [2.05, 4.69) is 0 Å². The molecular formula is C15H22N2O4. The molecule has 1 heterocycles. The van der Waals surface area contributed by atoms with Gasteiger partial charge in [0, 0.05) is 0 Å². The van der Waals surface area contributed by atoms with Crippen LogP contribution in [0, 0.1) is 17.8 Å². The molecule has 0 unspecified atom stereocenters. The zero-order valence-corrected chi connectivity index (χ0v) is 12.5. The summed E-state index contributed by atoms with van der Waals surface area (Å²) in [5, 5.41) is 22.7. The molecule has 5 rings (SSSR count). The van der Waals surface area contributed by atoms with Crippen molar-refractivity contribution in [1.82, 2.24) is 10.0 Å². The number of aliphatic hydroxyl groups is 1. The van der Waals surface area contributed by atoms with E-state index in [-0.39, 0.29) is 23.8 Å². The first-order chi connectivity index (χ1) is 9.73. The summed E-state index contributed by atoms with van der Waals surface area (Å²) in [5.74, 6) is 0.923. The molecule has 6 heteroatoms. The molecule has 5 fully saturated rings. The largest absolute Gasteiger partial charge is 0.464 e. The van der Waals surface area contributed by atoms with Crippen molar-refractivity contribution in [1.29, 1.82) is 0 Å². The highest BCUT2D eigenvalue weighted by Crippen LogP contribution is 2.58. The lowest BCUT2D eigenvalue weighted by Gasteiger charge is -2.65. The standard InChI is InChI=1S/C15H22N2O4/c1-14(2)12(18)16(17(14)13(19)20)11-9-3-8-4-10(11)7-15(21,5-8)6-9/h8-11,21H,3-7H2,1-2H3,(H,19,20)/t8?,9-,10-,11?,15?/m0/s1. The second-order valence-electron chi connectivity index (χ2n) is 7.99. The summed E-state index contributed by atoms with van der Waals surface area (Å²) in [6.45, 7) is 3.31. The Kier molecular flexibility index (Phi) is 2.37. The molecule has 0 spiro atoms. The summed E-state index contributed by atoms with van der Waals surface area (Å²) in [4.78, 5) is 24.0. The number of hydrogen-bond donors (Lipinski definition) is 2. The molecule has 2 N–H and O–H groups in total. The van der Waals surface area contributed by atoms with E-state index in [0.29, 0.717) is 18.8 Å². The van der Waals surface area contributed by atoms with Crippen molar-refractivity contribution in [3.8, 4) is 0 Å². The van der Waals surface area contributed by atoms with Crippen molar-refractivity contribution in [3.63, 3.8) is 0 Å². The van der Waals surface area contributed by atoms with Gasteiger partial charge in [-0.3, -0.25) is 4.79 Å². The lowest BCUT2D eigenvalue weighted by atomic mass is 9.52. The minimum atomic E-state index is -1.06. The van der Waals surface area contributed by atoms with E-state index in [9.17, 15) is 19.8 Å². The van der Waals surface area contributed by atoms with E-state index in [1.165, 1.54) is 10.0 Å². The van der Waals surface area contributed by atoms with Gasteiger partial charge in [0.05, 0.1) is 11.6 Å². The number of carbonyl (C=O) groups excluding carboxylic acids is 1. The predicted molar refractivity (Wildman–Crippen MR) is 73.1 cm³/mol. The van der Waals surface area contributed by atoms with Gasteiger partial charge in [0.15, 0.2) is 0 Å². The van der Waals surface area contributed by atoms with Crippen LogP contribution in [-0.4, -0.2) is 49.4 Å². The lowest BCUT2D eigenvalue weighted by Crippen LogP contribution is -2.81. The molecule has 2 atom stereocenters. The highest BCUT2D eigenvalue weighted by atomic mass is 16.4. The molecule has 6 nitrogen and oxygen atoms in total. The fraction of sp³-hybridized carbons (Fsp3) is 0.867. The molecule has 4 saturated carbocycles. The quantitative estimate of drug-likeness (QED) is 0.767. The molecule has 4 bridgehead atoms. The molecule has 1 saturated heterocycles. The SMILES string of the molecule is CC1(C)C(=O)N(C2[C@H]3CC4C[C@H]2CC(O)(C4)C3)N1C(=O)O. The van der Waals surface area contributed by atoms with E-state index < -0.39 is 17.2 Å². The molecule has 0 radical (unpaired) electrons. The molecule has 116 valence electrons. The van der Waals surface area contributed by atoms with Crippen molar-refractivity contribution in [3.05, 3.63) is 0 Å². The van der Waals surface area contributed by atoms with Gasteiger partial charge >= 0.3 is 6.09 Å². The van der Waals surface area contributed by atoms with Crippen molar-refractivity contribution in [2.24, 2.45) is 17.8 Å². The number of nitrogens with zero attached hydrogens (tertiary/aromatic N) is 2. The smallest absolute Gasteiger partial charge is 0.427 e. The first-order valence-corrected chi connectivity index (χ1v) is 7.82. The van der Waals surface area contributed by atoms with Gasteiger partial charge in [-0.25, -0.2) is 14.8 Å². The average molecular weight is 294 g/mol. The van der Waals surface area contributed by atoms with Crippen LogP contribution in [0.4, 0.5) is 4.79 Å². The Labute approximate surface area is 123 Å². The molecule has 21 heavy (non-hydrogen) atoms. The third-order valence-corrected chi connectivity index (χ3v) is 6.13. The molecular weight excluding hydrogens is 272 g/mol. The second kappa shape index (κ2) is 3.72. The summed E-state index contributed by atoms with van der Waals surface area (Å²) < 4.78 is 0. The predicted octanol–water partition coefficient (Wildman–Crippen LogP) is 1.44. The first-order valence-electron chi connectivity index (χ1n) is 7.82. The normalized spacial score (nSPS) is 46.7. The van der Waals surface area contributed by atoms with Crippen LogP contribution >= 0.6 is 0 Å². The van der Waals surface area contributed by atoms with Gasteiger partial charge in [-0.15, -0.1) is 0 Å². The van der Waals surface area contributed by atoms with Crippen LogP contribution < -0.4 is 0 Å². The number of hydrogen-bond acceptors (Lipinski definition) is 3. The Morgan fingerprint density at radius 2 is 1.76 bits per heavy atom. The van der Waals surface area contributed by atoms with Crippen LogP contribution in [0.5, 0.6) is 0 Å². The number of carboxylic acid groups (broad SMARTS) is 1. The highest BCUT2D eigenvalue weighted by molar-refractivity contribution is 5.96. The number of carbonyl (C=O) groups is 2. The topological polar surface area (TPSA) is 81.1 Å². The average Bonchev–Trinajstić information content (AvgIpc) is 2.33. The van der Waals surface area contributed by atoms with Gasteiger partial charge in [0.1, 0.15) is 5.54 Å². The van der Waals surface area contributed by atoms with Crippen molar-refractivity contribution < 1.29 is 19.8 Å². The fourth-order valence-electron chi connectivity index (χ4n) is 5.64. The van der Waals surface area contributed by atoms with Crippen molar-refractivity contribution in [2.45, 2.75) is 63.1 Å². The van der Waals surface area contributed by atoms with Gasteiger partial charge in [0.2, 0.25) is 0 Å². The monoisotopic (exact) mass is 294 g/mol. The lowest BCUT2D eigenvalue weighted by molar-refractivity contribution is -0.246. The summed E-state index contributed by atoms with van der Waals surface area (Å²) in [7, 11) is 0. The van der Waals surface area contributed by atoms with E-state index in [0.717, 1.165) is 19.3 Å². The maximum Gasteiger partial charge on any atom is 0.427 e. The third kappa shape index (κ3) is 1.57. The Hall–Kier alpha value is -1.30. The number of hydrazine groups is 1. The summed E-state index contributed by atoms with van der Waals surface area (Å²) in [5.41, 5.74) is -1.53. The molecule has 0 aromatic rings. The van der Waals surface area contributed by atoms with Gasteiger partial charge in [-0.2, -0.15) is 0 Å². The molecule has 2 amide bonds. The van der Waals surface area contributed by atoms with E-state index in [4.69, 9.17) is 0 Å².